The van der Waals surface area contributed by atoms with Crippen molar-refractivity contribution in [2.24, 2.45) is 0 Å². The molecule has 0 unspecified atom stereocenters. The first-order chi connectivity index (χ1) is 7.73. The van der Waals surface area contributed by atoms with E-state index in [0.717, 1.165) is 12.2 Å². The number of para-hydroxylation sites is 1. The summed E-state index contributed by atoms with van der Waals surface area (Å²) in [4.78, 5) is 2.29. The van der Waals surface area contributed by atoms with Gasteiger partial charge in [0, 0.05) is 13.6 Å². The Labute approximate surface area is 95.4 Å². The van der Waals surface area contributed by atoms with Gasteiger partial charge in [-0.2, -0.15) is 0 Å². The highest BCUT2D eigenvalue weighted by atomic mass is 19.1. The van der Waals surface area contributed by atoms with Gasteiger partial charge in [0.25, 0.3) is 0 Å². The fourth-order valence-corrected chi connectivity index (χ4v) is 3.14. The van der Waals surface area contributed by atoms with Gasteiger partial charge in [-0.05, 0) is 25.0 Å². The summed E-state index contributed by atoms with van der Waals surface area (Å²) >= 11 is 0. The Bertz CT molecular complexity index is 410. The molecule has 0 saturated heterocycles. The Morgan fingerprint density at radius 1 is 1.31 bits per heavy atom. The predicted octanol–water partition coefficient (Wildman–Crippen LogP) is 3.00. The third-order valence-corrected chi connectivity index (χ3v) is 4.19. The monoisotopic (exact) mass is 220 g/mol. The summed E-state index contributed by atoms with van der Waals surface area (Å²) in [7, 11) is 2.10. The molecule has 86 valence electrons. The molecule has 0 radical (unpaired) electrons. The number of halogens is 1. The molecule has 1 heterocycles. The van der Waals surface area contributed by atoms with Crippen LogP contribution in [0.1, 0.15) is 25.7 Å². The van der Waals surface area contributed by atoms with Crippen LogP contribution in [0.25, 0.3) is 0 Å². The van der Waals surface area contributed by atoms with Crippen LogP contribution in [0.3, 0.4) is 0 Å². The van der Waals surface area contributed by atoms with Crippen LogP contribution in [0.2, 0.25) is 0 Å². The topological polar surface area (TPSA) is 15.3 Å². The van der Waals surface area contributed by atoms with Crippen molar-refractivity contribution in [3.8, 4) is 0 Å². The third-order valence-electron chi connectivity index (χ3n) is 4.19. The lowest BCUT2D eigenvalue weighted by Crippen LogP contribution is -2.52. The second kappa shape index (κ2) is 3.37. The molecule has 0 amide bonds. The summed E-state index contributed by atoms with van der Waals surface area (Å²) in [6, 6.07) is 5.32. The molecule has 2 aliphatic rings. The largest absolute Gasteiger partial charge is 0.379 e. The standard InChI is InChI=1S/C13H17FN2/c1-16-11-6-4-5-10(14)12(11)15-9-13(16)7-2-3-8-13/h4-6,15H,2-3,7-9H2,1H3. The summed E-state index contributed by atoms with van der Waals surface area (Å²) < 4.78 is 13.6. The van der Waals surface area contributed by atoms with Gasteiger partial charge in [-0.1, -0.05) is 18.9 Å². The molecule has 1 saturated carbocycles. The zero-order valence-corrected chi connectivity index (χ0v) is 9.59. The van der Waals surface area contributed by atoms with Gasteiger partial charge < -0.3 is 10.2 Å². The van der Waals surface area contributed by atoms with Crippen molar-refractivity contribution in [2.75, 3.05) is 23.8 Å². The van der Waals surface area contributed by atoms with Crippen molar-refractivity contribution in [1.82, 2.24) is 0 Å². The van der Waals surface area contributed by atoms with E-state index >= 15 is 0 Å². The number of nitrogens with one attached hydrogen (secondary N) is 1. The number of benzene rings is 1. The number of hydrogen-bond donors (Lipinski definition) is 1. The van der Waals surface area contributed by atoms with Crippen LogP contribution in [0.15, 0.2) is 18.2 Å². The van der Waals surface area contributed by atoms with Crippen LogP contribution in [0.5, 0.6) is 0 Å². The van der Waals surface area contributed by atoms with E-state index < -0.39 is 0 Å². The smallest absolute Gasteiger partial charge is 0.148 e. The highest BCUT2D eigenvalue weighted by Crippen LogP contribution is 2.43. The molecule has 2 nitrogen and oxygen atoms in total. The van der Waals surface area contributed by atoms with Crippen LogP contribution in [-0.4, -0.2) is 19.1 Å². The molecule has 16 heavy (non-hydrogen) atoms. The third kappa shape index (κ3) is 1.24. The summed E-state index contributed by atoms with van der Waals surface area (Å²) in [5.41, 5.74) is 1.90. The second-order valence-electron chi connectivity index (χ2n) is 4.98. The molecule has 1 fully saturated rings. The molecule has 1 aliphatic heterocycles. The van der Waals surface area contributed by atoms with Crippen LogP contribution in [-0.2, 0) is 0 Å². The zero-order chi connectivity index (χ0) is 11.2. The van der Waals surface area contributed by atoms with Crippen LogP contribution >= 0.6 is 0 Å². The van der Waals surface area contributed by atoms with E-state index in [1.165, 1.54) is 31.7 Å². The highest BCUT2D eigenvalue weighted by molar-refractivity contribution is 5.74. The van der Waals surface area contributed by atoms with Gasteiger partial charge in [0.2, 0.25) is 0 Å². The normalized spacial score (nSPS) is 22.0. The number of anilines is 2. The minimum absolute atomic E-state index is 0.141. The lowest BCUT2D eigenvalue weighted by molar-refractivity contribution is 0.426. The van der Waals surface area contributed by atoms with E-state index in [1.54, 1.807) is 6.07 Å². The molecule has 1 spiro atoms. The van der Waals surface area contributed by atoms with Crippen molar-refractivity contribution in [2.45, 2.75) is 31.2 Å². The van der Waals surface area contributed by atoms with E-state index in [1.807, 2.05) is 6.07 Å². The molecular formula is C13H17FN2. The number of hydrogen-bond acceptors (Lipinski definition) is 2. The maximum atomic E-state index is 13.6. The van der Waals surface area contributed by atoms with E-state index in [-0.39, 0.29) is 11.4 Å². The minimum atomic E-state index is -0.141. The Morgan fingerprint density at radius 3 is 2.81 bits per heavy atom. The molecule has 3 heteroatoms. The number of rotatable bonds is 0. The van der Waals surface area contributed by atoms with Gasteiger partial charge in [-0.15, -0.1) is 0 Å². The van der Waals surface area contributed by atoms with Crippen molar-refractivity contribution in [3.05, 3.63) is 24.0 Å². The minimum Gasteiger partial charge on any atom is -0.379 e. The lowest BCUT2D eigenvalue weighted by atomic mass is 9.92. The van der Waals surface area contributed by atoms with Gasteiger partial charge in [-0.3, -0.25) is 0 Å². The van der Waals surface area contributed by atoms with Gasteiger partial charge in [0.05, 0.1) is 16.9 Å². The summed E-state index contributed by atoms with van der Waals surface area (Å²) in [6.07, 6.45) is 5.01. The Balaban J connectivity index is 2.05. The van der Waals surface area contributed by atoms with Crippen LogP contribution in [0.4, 0.5) is 15.8 Å². The van der Waals surface area contributed by atoms with Gasteiger partial charge in [-0.25, -0.2) is 4.39 Å². The molecule has 1 aromatic rings. The molecule has 0 atom stereocenters. The molecule has 1 aromatic carbocycles. The Kier molecular flexibility index (Phi) is 2.09. The van der Waals surface area contributed by atoms with Crippen molar-refractivity contribution >= 4 is 11.4 Å². The SMILES string of the molecule is CN1c2cccc(F)c2NCC12CCCC2. The lowest BCUT2D eigenvalue weighted by Gasteiger charge is -2.45. The second-order valence-corrected chi connectivity index (χ2v) is 4.98. The fourth-order valence-electron chi connectivity index (χ4n) is 3.14. The molecule has 0 bridgehead atoms. The van der Waals surface area contributed by atoms with Crippen LogP contribution in [0, 0.1) is 5.82 Å². The number of likely N-dealkylation sites (N-methyl/N-ethyl adjacent to an activating group) is 1. The Hall–Kier alpha value is -1.25. The van der Waals surface area contributed by atoms with Gasteiger partial charge >= 0.3 is 0 Å². The number of fused-ring (bicyclic) bond motifs is 1. The van der Waals surface area contributed by atoms with Crippen molar-refractivity contribution in [3.63, 3.8) is 0 Å². The van der Waals surface area contributed by atoms with E-state index in [9.17, 15) is 4.39 Å². The summed E-state index contributed by atoms with van der Waals surface area (Å²) in [6.45, 7) is 0.872. The fraction of sp³-hybridized carbons (Fsp3) is 0.538. The van der Waals surface area contributed by atoms with E-state index in [0.29, 0.717) is 5.69 Å². The van der Waals surface area contributed by atoms with Gasteiger partial charge in [0.15, 0.2) is 0 Å². The van der Waals surface area contributed by atoms with Crippen LogP contribution < -0.4 is 10.2 Å². The first kappa shape index (κ1) is 9.94. The molecular weight excluding hydrogens is 203 g/mol. The van der Waals surface area contributed by atoms with Gasteiger partial charge in [0.1, 0.15) is 5.82 Å². The molecule has 0 aromatic heterocycles. The zero-order valence-electron chi connectivity index (χ0n) is 9.59. The maximum absolute atomic E-state index is 13.6. The average molecular weight is 220 g/mol. The molecule has 1 N–H and O–H groups in total. The van der Waals surface area contributed by atoms with Crippen molar-refractivity contribution < 1.29 is 4.39 Å². The average Bonchev–Trinajstić information content (AvgIpc) is 2.75. The first-order valence-electron chi connectivity index (χ1n) is 5.99. The molecule has 3 rings (SSSR count). The molecule has 1 aliphatic carbocycles. The summed E-state index contributed by atoms with van der Waals surface area (Å²) in [5.74, 6) is -0.141. The summed E-state index contributed by atoms with van der Waals surface area (Å²) in [5, 5.41) is 3.28. The highest BCUT2D eigenvalue weighted by Gasteiger charge is 2.41. The first-order valence-corrected chi connectivity index (χ1v) is 5.99. The predicted molar refractivity (Wildman–Crippen MR) is 64.5 cm³/mol. The van der Waals surface area contributed by atoms with Crippen molar-refractivity contribution in [1.29, 1.82) is 0 Å². The maximum Gasteiger partial charge on any atom is 0.148 e. The van der Waals surface area contributed by atoms with E-state index in [2.05, 4.69) is 17.3 Å². The Morgan fingerprint density at radius 2 is 2.06 bits per heavy atom. The van der Waals surface area contributed by atoms with E-state index in [4.69, 9.17) is 0 Å². The number of nitrogens with zero attached hydrogens (tertiary/aromatic N) is 1. The quantitative estimate of drug-likeness (QED) is 0.723.